The summed E-state index contributed by atoms with van der Waals surface area (Å²) in [6.07, 6.45) is 0. The Labute approximate surface area is 97.2 Å². The molecule has 1 aliphatic rings. The first-order valence-electron chi connectivity index (χ1n) is 5.86. The van der Waals surface area contributed by atoms with E-state index in [2.05, 4.69) is 53.3 Å². The van der Waals surface area contributed by atoms with Crippen LogP contribution in [0.2, 0.25) is 0 Å². The molecule has 0 unspecified atom stereocenters. The third-order valence-corrected chi connectivity index (χ3v) is 2.77. The van der Waals surface area contributed by atoms with Crippen LogP contribution in [-0.2, 0) is 0 Å². The Hall–Kier alpha value is -1.51. The third kappa shape index (κ3) is 2.54. The van der Waals surface area contributed by atoms with E-state index >= 15 is 0 Å². The Balaban J connectivity index is 2.11. The number of anilines is 1. The highest BCUT2D eigenvalue weighted by atomic mass is 15.2. The maximum Gasteiger partial charge on any atom is 0.116 e. The van der Waals surface area contributed by atoms with Crippen molar-refractivity contribution >= 4 is 11.5 Å². The zero-order chi connectivity index (χ0) is 11.4. The first kappa shape index (κ1) is 11.0. The van der Waals surface area contributed by atoms with Gasteiger partial charge >= 0.3 is 0 Å². The second kappa shape index (κ2) is 5.01. The quantitative estimate of drug-likeness (QED) is 0.834. The van der Waals surface area contributed by atoms with Gasteiger partial charge in [0.1, 0.15) is 5.84 Å². The number of hydrogen-bond acceptors (Lipinski definition) is 3. The highest BCUT2D eigenvalue weighted by Gasteiger charge is 2.14. The van der Waals surface area contributed by atoms with E-state index in [-0.39, 0.29) is 0 Å². The molecule has 0 spiro atoms. The number of benzene rings is 1. The molecule has 0 atom stereocenters. The molecule has 1 heterocycles. The van der Waals surface area contributed by atoms with Gasteiger partial charge in [-0.3, -0.25) is 4.99 Å². The minimum absolute atomic E-state index is 0.479. The van der Waals surface area contributed by atoms with Gasteiger partial charge in [0, 0.05) is 18.3 Å². The summed E-state index contributed by atoms with van der Waals surface area (Å²) in [7, 11) is 0. The van der Waals surface area contributed by atoms with Gasteiger partial charge in [-0.05, 0) is 26.0 Å². The number of nitrogens with zero attached hydrogens (tertiary/aromatic N) is 2. The van der Waals surface area contributed by atoms with E-state index in [1.807, 2.05) is 6.07 Å². The van der Waals surface area contributed by atoms with Crippen molar-refractivity contribution in [3.8, 4) is 0 Å². The Bertz CT molecular complexity index is 357. The molecule has 0 aliphatic carbocycles. The molecular weight excluding hydrogens is 198 g/mol. The number of para-hydroxylation sites is 1. The second-order valence-corrected chi connectivity index (χ2v) is 4.31. The van der Waals surface area contributed by atoms with Crippen LogP contribution >= 0.6 is 0 Å². The molecule has 3 heteroatoms. The van der Waals surface area contributed by atoms with Crippen LogP contribution in [0, 0.1) is 0 Å². The van der Waals surface area contributed by atoms with E-state index in [0.29, 0.717) is 6.04 Å². The first-order chi connectivity index (χ1) is 7.77. The summed E-state index contributed by atoms with van der Waals surface area (Å²) < 4.78 is 0. The van der Waals surface area contributed by atoms with Gasteiger partial charge in [-0.2, -0.15) is 0 Å². The summed E-state index contributed by atoms with van der Waals surface area (Å²) in [4.78, 5) is 6.81. The SMILES string of the molecule is CC(C)N(CC1=NCCN1)c1ccccc1. The average molecular weight is 217 g/mol. The first-order valence-corrected chi connectivity index (χ1v) is 5.86. The maximum absolute atomic E-state index is 4.45. The molecule has 0 radical (unpaired) electrons. The fourth-order valence-electron chi connectivity index (χ4n) is 1.91. The van der Waals surface area contributed by atoms with Crippen molar-refractivity contribution in [2.24, 2.45) is 4.99 Å². The number of amidine groups is 1. The van der Waals surface area contributed by atoms with E-state index in [4.69, 9.17) is 0 Å². The molecule has 1 N–H and O–H groups in total. The third-order valence-electron chi connectivity index (χ3n) is 2.77. The molecular formula is C13H19N3. The minimum atomic E-state index is 0.479. The van der Waals surface area contributed by atoms with Crippen molar-refractivity contribution in [2.75, 3.05) is 24.5 Å². The molecule has 0 aromatic heterocycles. The van der Waals surface area contributed by atoms with Crippen LogP contribution in [0.3, 0.4) is 0 Å². The molecule has 0 fully saturated rings. The van der Waals surface area contributed by atoms with E-state index in [1.165, 1.54) is 5.69 Å². The molecule has 2 rings (SSSR count). The molecule has 1 aromatic carbocycles. The average Bonchev–Trinajstić information content (AvgIpc) is 2.79. The van der Waals surface area contributed by atoms with Gasteiger partial charge in [0.2, 0.25) is 0 Å². The fourth-order valence-corrected chi connectivity index (χ4v) is 1.91. The molecule has 0 bridgehead atoms. The number of hydrogen-bond donors (Lipinski definition) is 1. The Morgan fingerprint density at radius 1 is 1.31 bits per heavy atom. The predicted molar refractivity (Wildman–Crippen MR) is 69.2 cm³/mol. The topological polar surface area (TPSA) is 27.6 Å². The van der Waals surface area contributed by atoms with Gasteiger partial charge in [-0.15, -0.1) is 0 Å². The van der Waals surface area contributed by atoms with Crippen molar-refractivity contribution in [2.45, 2.75) is 19.9 Å². The summed E-state index contributed by atoms with van der Waals surface area (Å²) in [5.41, 5.74) is 1.26. The molecule has 0 amide bonds. The van der Waals surface area contributed by atoms with Gasteiger partial charge in [-0.25, -0.2) is 0 Å². The van der Waals surface area contributed by atoms with Crippen LogP contribution in [-0.4, -0.2) is 31.5 Å². The Morgan fingerprint density at radius 3 is 2.62 bits per heavy atom. The Morgan fingerprint density at radius 2 is 2.06 bits per heavy atom. The molecule has 86 valence electrons. The summed E-state index contributed by atoms with van der Waals surface area (Å²) in [5.74, 6) is 1.11. The van der Waals surface area contributed by atoms with Crippen LogP contribution in [0.15, 0.2) is 35.3 Å². The van der Waals surface area contributed by atoms with Gasteiger partial charge in [0.25, 0.3) is 0 Å². The number of nitrogens with one attached hydrogen (secondary N) is 1. The lowest BCUT2D eigenvalue weighted by molar-refractivity contribution is 0.727. The van der Waals surface area contributed by atoms with Crippen molar-refractivity contribution in [3.63, 3.8) is 0 Å². The van der Waals surface area contributed by atoms with Crippen molar-refractivity contribution in [1.82, 2.24) is 5.32 Å². The normalized spacial score (nSPS) is 14.8. The fraction of sp³-hybridized carbons (Fsp3) is 0.462. The highest BCUT2D eigenvalue weighted by Crippen LogP contribution is 2.16. The minimum Gasteiger partial charge on any atom is -0.370 e. The van der Waals surface area contributed by atoms with E-state index in [0.717, 1.165) is 25.5 Å². The van der Waals surface area contributed by atoms with Gasteiger partial charge in [0.15, 0.2) is 0 Å². The lowest BCUT2D eigenvalue weighted by Gasteiger charge is -2.28. The largest absolute Gasteiger partial charge is 0.370 e. The summed E-state index contributed by atoms with van der Waals surface area (Å²) in [6, 6.07) is 11.0. The summed E-state index contributed by atoms with van der Waals surface area (Å²) in [5, 5.41) is 3.32. The van der Waals surface area contributed by atoms with E-state index in [1.54, 1.807) is 0 Å². The molecule has 16 heavy (non-hydrogen) atoms. The molecule has 0 saturated heterocycles. The van der Waals surface area contributed by atoms with E-state index in [9.17, 15) is 0 Å². The van der Waals surface area contributed by atoms with Crippen molar-refractivity contribution in [3.05, 3.63) is 30.3 Å². The van der Waals surface area contributed by atoms with Crippen LogP contribution < -0.4 is 10.2 Å². The molecule has 1 aromatic rings. The van der Waals surface area contributed by atoms with Crippen molar-refractivity contribution < 1.29 is 0 Å². The number of rotatable bonds is 4. The highest BCUT2D eigenvalue weighted by molar-refractivity contribution is 5.88. The molecule has 3 nitrogen and oxygen atoms in total. The van der Waals surface area contributed by atoms with Crippen molar-refractivity contribution in [1.29, 1.82) is 0 Å². The summed E-state index contributed by atoms with van der Waals surface area (Å²) >= 11 is 0. The Kier molecular flexibility index (Phi) is 3.44. The van der Waals surface area contributed by atoms with Crippen LogP contribution in [0.25, 0.3) is 0 Å². The lowest BCUT2D eigenvalue weighted by Crippen LogP contribution is -2.39. The van der Waals surface area contributed by atoms with Crippen LogP contribution in [0.5, 0.6) is 0 Å². The zero-order valence-electron chi connectivity index (χ0n) is 9.98. The van der Waals surface area contributed by atoms with Gasteiger partial charge < -0.3 is 10.2 Å². The monoisotopic (exact) mass is 217 g/mol. The predicted octanol–water partition coefficient (Wildman–Crippen LogP) is 1.90. The maximum atomic E-state index is 4.45. The van der Waals surface area contributed by atoms with Gasteiger partial charge in [0.05, 0.1) is 13.1 Å². The molecule has 1 aliphatic heterocycles. The smallest absolute Gasteiger partial charge is 0.116 e. The summed E-state index contributed by atoms with van der Waals surface area (Å²) in [6.45, 7) is 7.19. The molecule has 0 saturated carbocycles. The van der Waals surface area contributed by atoms with Gasteiger partial charge in [-0.1, -0.05) is 18.2 Å². The van der Waals surface area contributed by atoms with Crippen LogP contribution in [0.4, 0.5) is 5.69 Å². The standard InChI is InChI=1S/C13H19N3/c1-11(2)16(10-13-14-8-9-15-13)12-6-4-3-5-7-12/h3-7,11H,8-10H2,1-2H3,(H,14,15). The lowest BCUT2D eigenvalue weighted by atomic mass is 10.2. The zero-order valence-corrected chi connectivity index (χ0v) is 9.98. The van der Waals surface area contributed by atoms with E-state index < -0.39 is 0 Å². The van der Waals surface area contributed by atoms with Crippen LogP contribution in [0.1, 0.15) is 13.8 Å². The second-order valence-electron chi connectivity index (χ2n) is 4.31. The number of aliphatic imine (C=N–C) groups is 1.